The molecule has 0 aliphatic heterocycles. The fraction of sp³-hybridized carbons (Fsp3) is 1.00. The standard InChI is InChI=1S/C12H28Ge/c1-10(2)13(9,11(3,4)5)12(6,7)8/h10H,1-9H3. The van der Waals surface area contributed by atoms with Gasteiger partial charge in [0.05, 0.1) is 0 Å². The molecule has 0 unspecified atom stereocenters. The van der Waals surface area contributed by atoms with Crippen molar-refractivity contribution in [3.8, 4) is 0 Å². The first kappa shape index (κ1) is 13.5. The van der Waals surface area contributed by atoms with Crippen LogP contribution in [0.15, 0.2) is 0 Å². The summed E-state index contributed by atoms with van der Waals surface area (Å²) in [6.07, 6.45) is 0. The van der Waals surface area contributed by atoms with E-state index in [1.807, 2.05) is 0 Å². The van der Waals surface area contributed by atoms with Crippen molar-refractivity contribution in [2.24, 2.45) is 0 Å². The molecule has 0 heterocycles. The van der Waals surface area contributed by atoms with Crippen LogP contribution in [0.3, 0.4) is 0 Å². The molecule has 0 amide bonds. The van der Waals surface area contributed by atoms with Crippen LogP contribution in [0, 0.1) is 0 Å². The van der Waals surface area contributed by atoms with Crippen molar-refractivity contribution in [2.75, 3.05) is 0 Å². The van der Waals surface area contributed by atoms with Crippen molar-refractivity contribution in [3.05, 3.63) is 0 Å². The molecule has 0 saturated heterocycles. The molecule has 0 aliphatic carbocycles. The summed E-state index contributed by atoms with van der Waals surface area (Å²) in [5, 5.41) is 0. The van der Waals surface area contributed by atoms with Crippen molar-refractivity contribution in [3.63, 3.8) is 0 Å². The van der Waals surface area contributed by atoms with Crippen molar-refractivity contribution >= 4 is 13.3 Å². The third kappa shape index (κ3) is 2.31. The SMILES string of the molecule is C[CH](C)[Ge]([CH3])([C](C)(C)C)[C](C)(C)C. The van der Waals surface area contributed by atoms with Gasteiger partial charge in [-0.2, -0.15) is 0 Å². The van der Waals surface area contributed by atoms with Crippen molar-refractivity contribution in [1.82, 2.24) is 0 Å². The molecule has 0 fully saturated rings. The minimum atomic E-state index is -1.79. The van der Waals surface area contributed by atoms with Gasteiger partial charge in [0, 0.05) is 0 Å². The van der Waals surface area contributed by atoms with E-state index in [2.05, 4.69) is 61.1 Å². The van der Waals surface area contributed by atoms with E-state index in [4.69, 9.17) is 0 Å². The molecule has 0 saturated carbocycles. The van der Waals surface area contributed by atoms with E-state index in [9.17, 15) is 0 Å². The van der Waals surface area contributed by atoms with Crippen molar-refractivity contribution in [2.45, 2.75) is 74.4 Å². The molecule has 0 bridgehead atoms. The molecule has 0 aromatic rings. The Balaban J connectivity index is 5.22. The van der Waals surface area contributed by atoms with Gasteiger partial charge in [0.25, 0.3) is 0 Å². The second-order valence-corrected chi connectivity index (χ2v) is 20.6. The average Bonchev–Trinajstić information content (AvgIpc) is 1.80. The molecule has 0 aliphatic rings. The van der Waals surface area contributed by atoms with Crippen LogP contribution < -0.4 is 0 Å². The fourth-order valence-corrected chi connectivity index (χ4v) is 14.8. The van der Waals surface area contributed by atoms with E-state index in [1.54, 1.807) is 0 Å². The molecule has 0 rings (SSSR count). The molecule has 0 N–H and O–H groups in total. The first-order chi connectivity index (χ1) is 5.44. The maximum absolute atomic E-state index is 2.62. The minimum absolute atomic E-state index is 0.548. The summed E-state index contributed by atoms with van der Waals surface area (Å²) in [6.45, 7) is 19.5. The van der Waals surface area contributed by atoms with Crippen LogP contribution >= 0.6 is 0 Å². The topological polar surface area (TPSA) is 0 Å². The van der Waals surface area contributed by atoms with Gasteiger partial charge >= 0.3 is 87.7 Å². The normalized spacial score (nSPS) is 15.2. The number of rotatable bonds is 1. The zero-order valence-corrected chi connectivity index (χ0v) is 13.2. The Morgan fingerprint density at radius 1 is 0.769 bits per heavy atom. The first-order valence-corrected chi connectivity index (χ1v) is 10.9. The Hall–Kier alpha value is 0.543. The monoisotopic (exact) mass is 246 g/mol. The third-order valence-corrected chi connectivity index (χ3v) is 22.2. The van der Waals surface area contributed by atoms with Crippen LogP contribution in [0.25, 0.3) is 0 Å². The summed E-state index contributed by atoms with van der Waals surface area (Å²) in [4.78, 5) is 0. The van der Waals surface area contributed by atoms with Crippen LogP contribution in [-0.2, 0) is 0 Å². The molecule has 0 aromatic heterocycles. The molecular formula is C12H28Ge. The Morgan fingerprint density at radius 2 is 1.00 bits per heavy atom. The summed E-state index contributed by atoms with van der Waals surface area (Å²) >= 11 is -1.79. The Bertz CT molecular complexity index is 153. The van der Waals surface area contributed by atoms with Gasteiger partial charge in [0.2, 0.25) is 0 Å². The summed E-state index contributed by atoms with van der Waals surface area (Å²) in [5.74, 6) is 2.62. The van der Waals surface area contributed by atoms with Crippen molar-refractivity contribution < 1.29 is 0 Å². The van der Waals surface area contributed by atoms with Crippen molar-refractivity contribution in [1.29, 1.82) is 0 Å². The second kappa shape index (κ2) is 3.60. The van der Waals surface area contributed by atoms with Gasteiger partial charge in [0.1, 0.15) is 0 Å². The van der Waals surface area contributed by atoms with Gasteiger partial charge in [0.15, 0.2) is 0 Å². The third-order valence-electron chi connectivity index (χ3n) is 4.27. The molecular weight excluding hydrogens is 217 g/mol. The number of hydrogen-bond donors (Lipinski definition) is 0. The van der Waals surface area contributed by atoms with Gasteiger partial charge < -0.3 is 0 Å². The quantitative estimate of drug-likeness (QED) is 0.565. The first-order valence-electron chi connectivity index (χ1n) is 5.44. The van der Waals surface area contributed by atoms with Gasteiger partial charge in [-0.25, -0.2) is 0 Å². The Morgan fingerprint density at radius 3 is 1.00 bits per heavy atom. The fourth-order valence-electron chi connectivity index (χ4n) is 2.86. The average molecular weight is 245 g/mol. The van der Waals surface area contributed by atoms with Crippen LogP contribution in [0.2, 0.25) is 19.0 Å². The predicted molar refractivity (Wildman–Crippen MR) is 66.1 cm³/mol. The molecule has 0 nitrogen and oxygen atoms in total. The zero-order chi connectivity index (χ0) is 11.1. The van der Waals surface area contributed by atoms with Crippen LogP contribution in [0.4, 0.5) is 0 Å². The Kier molecular flexibility index (Phi) is 3.75. The molecule has 0 radical (unpaired) electrons. The van der Waals surface area contributed by atoms with Crippen LogP contribution in [0.5, 0.6) is 0 Å². The van der Waals surface area contributed by atoms with E-state index in [1.165, 1.54) is 0 Å². The van der Waals surface area contributed by atoms with E-state index < -0.39 is 13.3 Å². The number of hydrogen-bond acceptors (Lipinski definition) is 0. The van der Waals surface area contributed by atoms with Crippen LogP contribution in [-0.4, -0.2) is 13.3 Å². The van der Waals surface area contributed by atoms with Gasteiger partial charge in [-0.05, 0) is 0 Å². The summed E-state index contributed by atoms with van der Waals surface area (Å²) < 4.78 is 2.00. The van der Waals surface area contributed by atoms with Gasteiger partial charge in [-0.15, -0.1) is 0 Å². The summed E-state index contributed by atoms with van der Waals surface area (Å²) in [5.41, 5.74) is 0. The second-order valence-electron chi connectivity index (χ2n) is 6.86. The van der Waals surface area contributed by atoms with Gasteiger partial charge in [-0.1, -0.05) is 0 Å². The molecule has 0 aromatic carbocycles. The van der Waals surface area contributed by atoms with Gasteiger partial charge in [-0.3, -0.25) is 0 Å². The van der Waals surface area contributed by atoms with E-state index in [-0.39, 0.29) is 0 Å². The zero-order valence-electron chi connectivity index (χ0n) is 11.1. The Labute approximate surface area is 87.9 Å². The van der Waals surface area contributed by atoms with E-state index in [0.29, 0.717) is 8.49 Å². The van der Waals surface area contributed by atoms with E-state index >= 15 is 0 Å². The predicted octanol–water partition coefficient (Wildman–Crippen LogP) is 5.08. The molecule has 1 heteroatoms. The van der Waals surface area contributed by atoms with E-state index in [0.717, 1.165) is 4.75 Å². The molecule has 0 spiro atoms. The maximum atomic E-state index is 2.62. The molecule has 0 atom stereocenters. The summed E-state index contributed by atoms with van der Waals surface area (Å²) in [7, 11) is 0. The van der Waals surface area contributed by atoms with Crippen LogP contribution in [0.1, 0.15) is 55.4 Å². The molecule has 80 valence electrons. The molecule has 13 heavy (non-hydrogen) atoms. The summed E-state index contributed by atoms with van der Waals surface area (Å²) in [6, 6.07) is 0.